The van der Waals surface area contributed by atoms with E-state index >= 15 is 0 Å². The van der Waals surface area contributed by atoms with Crippen LogP contribution in [-0.2, 0) is 4.74 Å². The maximum absolute atomic E-state index is 12.2. The standard InChI is InChI=1S/C12H15ClN2O2/c1-12(2)8-15(5-6-17-12)11(16)9-3-4-14-10(13)7-9/h3-4,7H,5-6,8H2,1-2H3. The molecule has 1 aliphatic heterocycles. The van der Waals surface area contributed by atoms with Gasteiger partial charge >= 0.3 is 0 Å². The molecule has 1 fully saturated rings. The summed E-state index contributed by atoms with van der Waals surface area (Å²) < 4.78 is 5.57. The molecule has 0 spiro atoms. The Morgan fingerprint density at radius 3 is 3.00 bits per heavy atom. The largest absolute Gasteiger partial charge is 0.372 e. The van der Waals surface area contributed by atoms with Crippen molar-refractivity contribution in [1.29, 1.82) is 0 Å². The van der Waals surface area contributed by atoms with Gasteiger partial charge in [-0.1, -0.05) is 11.6 Å². The number of carbonyl (C=O) groups excluding carboxylic acids is 1. The highest BCUT2D eigenvalue weighted by atomic mass is 35.5. The minimum Gasteiger partial charge on any atom is -0.372 e. The molecule has 1 amide bonds. The van der Waals surface area contributed by atoms with Gasteiger partial charge < -0.3 is 9.64 Å². The van der Waals surface area contributed by atoms with Gasteiger partial charge in [-0.15, -0.1) is 0 Å². The van der Waals surface area contributed by atoms with Crippen LogP contribution in [0, 0.1) is 0 Å². The van der Waals surface area contributed by atoms with Crippen molar-refractivity contribution >= 4 is 17.5 Å². The fourth-order valence-corrected chi connectivity index (χ4v) is 2.08. The zero-order chi connectivity index (χ0) is 12.5. The van der Waals surface area contributed by atoms with Crippen LogP contribution in [0.2, 0.25) is 5.15 Å². The Morgan fingerprint density at radius 1 is 1.59 bits per heavy atom. The van der Waals surface area contributed by atoms with Gasteiger partial charge in [0.1, 0.15) is 5.15 Å². The van der Waals surface area contributed by atoms with Crippen LogP contribution in [0.3, 0.4) is 0 Å². The third kappa shape index (κ3) is 2.96. The third-order valence-electron chi connectivity index (χ3n) is 2.69. The Labute approximate surface area is 106 Å². The lowest BCUT2D eigenvalue weighted by atomic mass is 10.1. The summed E-state index contributed by atoms with van der Waals surface area (Å²) in [6, 6.07) is 3.27. The molecule has 2 heterocycles. The van der Waals surface area contributed by atoms with E-state index in [4.69, 9.17) is 16.3 Å². The number of ether oxygens (including phenoxy) is 1. The van der Waals surface area contributed by atoms with Gasteiger partial charge in [-0.05, 0) is 26.0 Å². The van der Waals surface area contributed by atoms with Crippen LogP contribution < -0.4 is 0 Å². The first kappa shape index (κ1) is 12.3. The highest BCUT2D eigenvalue weighted by Gasteiger charge is 2.30. The molecular formula is C12H15ClN2O2. The Kier molecular flexibility index (Phi) is 3.35. The summed E-state index contributed by atoms with van der Waals surface area (Å²) in [6.07, 6.45) is 1.54. The maximum Gasteiger partial charge on any atom is 0.254 e. The predicted molar refractivity (Wildman–Crippen MR) is 65.2 cm³/mol. The molecule has 0 aromatic carbocycles. The molecule has 92 valence electrons. The molecule has 0 atom stereocenters. The van der Waals surface area contributed by atoms with Gasteiger partial charge in [-0.25, -0.2) is 4.98 Å². The van der Waals surface area contributed by atoms with Crippen LogP contribution in [0.5, 0.6) is 0 Å². The van der Waals surface area contributed by atoms with Crippen LogP contribution >= 0.6 is 11.6 Å². The second-order valence-electron chi connectivity index (χ2n) is 4.70. The van der Waals surface area contributed by atoms with E-state index in [1.54, 1.807) is 23.2 Å². The molecule has 0 bridgehead atoms. The summed E-state index contributed by atoms with van der Waals surface area (Å²) in [6.45, 7) is 5.73. The minimum absolute atomic E-state index is 0.0225. The van der Waals surface area contributed by atoms with Gasteiger partial charge in [-0.2, -0.15) is 0 Å². The van der Waals surface area contributed by atoms with Crippen LogP contribution in [0.25, 0.3) is 0 Å². The minimum atomic E-state index is -0.287. The van der Waals surface area contributed by atoms with E-state index in [1.165, 1.54) is 0 Å². The highest BCUT2D eigenvalue weighted by Crippen LogP contribution is 2.19. The molecule has 1 saturated heterocycles. The van der Waals surface area contributed by atoms with Crippen LogP contribution in [0.15, 0.2) is 18.3 Å². The van der Waals surface area contributed by atoms with Crippen molar-refractivity contribution in [1.82, 2.24) is 9.88 Å². The molecule has 1 aromatic rings. The fourth-order valence-electron chi connectivity index (χ4n) is 1.91. The predicted octanol–water partition coefficient (Wildman–Crippen LogP) is 1.99. The van der Waals surface area contributed by atoms with Crippen molar-refractivity contribution in [3.8, 4) is 0 Å². The van der Waals surface area contributed by atoms with Gasteiger partial charge in [0.2, 0.25) is 0 Å². The normalized spacial score (nSPS) is 19.1. The number of hydrogen-bond acceptors (Lipinski definition) is 3. The Morgan fingerprint density at radius 2 is 2.35 bits per heavy atom. The molecule has 1 aromatic heterocycles. The number of hydrogen-bond donors (Lipinski definition) is 0. The molecule has 4 nitrogen and oxygen atoms in total. The van der Waals surface area contributed by atoms with E-state index in [0.717, 1.165) is 0 Å². The molecule has 0 unspecified atom stereocenters. The molecule has 1 aliphatic rings. The lowest BCUT2D eigenvalue weighted by molar-refractivity contribution is -0.0764. The lowest BCUT2D eigenvalue weighted by Crippen LogP contribution is -2.50. The van der Waals surface area contributed by atoms with Gasteiger partial charge in [0.05, 0.1) is 12.2 Å². The number of halogens is 1. The third-order valence-corrected chi connectivity index (χ3v) is 2.89. The number of carbonyl (C=O) groups is 1. The smallest absolute Gasteiger partial charge is 0.254 e. The quantitative estimate of drug-likeness (QED) is 0.720. The van der Waals surface area contributed by atoms with Crippen molar-refractivity contribution in [2.45, 2.75) is 19.4 Å². The van der Waals surface area contributed by atoms with Crippen molar-refractivity contribution in [2.24, 2.45) is 0 Å². The SMILES string of the molecule is CC1(C)CN(C(=O)c2ccnc(Cl)c2)CCO1. The second-order valence-corrected chi connectivity index (χ2v) is 5.09. The van der Waals surface area contributed by atoms with E-state index in [9.17, 15) is 4.79 Å². The van der Waals surface area contributed by atoms with Gasteiger partial charge in [0, 0.05) is 24.8 Å². The highest BCUT2D eigenvalue weighted by molar-refractivity contribution is 6.29. The van der Waals surface area contributed by atoms with Crippen molar-refractivity contribution in [2.75, 3.05) is 19.7 Å². The monoisotopic (exact) mass is 254 g/mol. The summed E-state index contributed by atoms with van der Waals surface area (Å²) >= 11 is 5.78. The zero-order valence-electron chi connectivity index (χ0n) is 9.94. The average Bonchev–Trinajstić information content (AvgIpc) is 2.26. The van der Waals surface area contributed by atoms with Crippen molar-refractivity contribution in [3.63, 3.8) is 0 Å². The average molecular weight is 255 g/mol. The second kappa shape index (κ2) is 4.63. The molecule has 5 heteroatoms. The summed E-state index contributed by atoms with van der Waals surface area (Å²) in [5.41, 5.74) is 0.285. The number of pyridine rings is 1. The first-order valence-corrected chi connectivity index (χ1v) is 5.90. The molecule has 0 radical (unpaired) electrons. The molecule has 0 N–H and O–H groups in total. The Hall–Kier alpha value is -1.13. The summed E-state index contributed by atoms with van der Waals surface area (Å²) in [5, 5.41) is 0.336. The Bertz CT molecular complexity index is 434. The van der Waals surface area contributed by atoms with E-state index in [0.29, 0.717) is 30.4 Å². The topological polar surface area (TPSA) is 42.4 Å². The van der Waals surface area contributed by atoms with E-state index in [2.05, 4.69) is 4.98 Å². The fraction of sp³-hybridized carbons (Fsp3) is 0.500. The number of morpholine rings is 1. The number of nitrogens with zero attached hydrogens (tertiary/aromatic N) is 2. The zero-order valence-corrected chi connectivity index (χ0v) is 10.7. The summed E-state index contributed by atoms with van der Waals surface area (Å²) in [5.74, 6) is -0.0225. The molecule has 0 saturated carbocycles. The number of rotatable bonds is 1. The van der Waals surface area contributed by atoms with E-state index < -0.39 is 0 Å². The first-order valence-electron chi connectivity index (χ1n) is 5.53. The summed E-state index contributed by atoms with van der Waals surface area (Å²) in [4.78, 5) is 17.9. The molecule has 0 aliphatic carbocycles. The molecule has 2 rings (SSSR count). The lowest BCUT2D eigenvalue weighted by Gasteiger charge is -2.38. The molecule has 17 heavy (non-hydrogen) atoms. The van der Waals surface area contributed by atoms with E-state index in [-0.39, 0.29) is 11.5 Å². The Balaban J connectivity index is 2.15. The van der Waals surface area contributed by atoms with Crippen LogP contribution in [0.1, 0.15) is 24.2 Å². The van der Waals surface area contributed by atoms with Gasteiger partial charge in [-0.3, -0.25) is 4.79 Å². The van der Waals surface area contributed by atoms with E-state index in [1.807, 2.05) is 13.8 Å². The maximum atomic E-state index is 12.2. The van der Waals surface area contributed by atoms with Crippen molar-refractivity contribution in [3.05, 3.63) is 29.0 Å². The van der Waals surface area contributed by atoms with Gasteiger partial charge in [0.15, 0.2) is 0 Å². The van der Waals surface area contributed by atoms with Crippen LogP contribution in [0.4, 0.5) is 0 Å². The number of aromatic nitrogens is 1. The van der Waals surface area contributed by atoms with Crippen LogP contribution in [-0.4, -0.2) is 41.1 Å². The van der Waals surface area contributed by atoms with Gasteiger partial charge in [0.25, 0.3) is 5.91 Å². The van der Waals surface area contributed by atoms with Crippen molar-refractivity contribution < 1.29 is 9.53 Å². The number of amides is 1. The molecular weight excluding hydrogens is 240 g/mol. The summed E-state index contributed by atoms with van der Waals surface area (Å²) in [7, 11) is 0. The first-order chi connectivity index (χ1) is 7.98.